The Bertz CT molecular complexity index is 1220. The zero-order valence-electron chi connectivity index (χ0n) is 16.7. The Kier molecular flexibility index (Phi) is 6.00. The van der Waals surface area contributed by atoms with E-state index in [9.17, 15) is 9.18 Å². The number of amides is 1. The number of hydrogen-bond acceptors (Lipinski definition) is 3. The molecule has 0 radical (unpaired) electrons. The van der Waals surface area contributed by atoms with Gasteiger partial charge in [-0.25, -0.2) is 4.39 Å². The lowest BCUT2D eigenvalue weighted by molar-refractivity contribution is 0.0951. The van der Waals surface area contributed by atoms with Crippen molar-refractivity contribution >= 4 is 17.5 Å². The quantitative estimate of drug-likeness (QED) is 0.421. The van der Waals surface area contributed by atoms with Gasteiger partial charge in [-0.15, -0.1) is 0 Å². The predicted octanol–water partition coefficient (Wildman–Crippen LogP) is 5.47. The first-order valence-corrected chi connectivity index (χ1v) is 9.93. The van der Waals surface area contributed by atoms with E-state index in [2.05, 4.69) is 15.5 Å². The zero-order valence-corrected chi connectivity index (χ0v) is 17.4. The Balaban J connectivity index is 1.43. The van der Waals surface area contributed by atoms with Crippen LogP contribution in [0.4, 0.5) is 4.39 Å². The number of aromatic nitrogens is 2. The van der Waals surface area contributed by atoms with E-state index in [0.29, 0.717) is 5.56 Å². The number of hydrogen-bond donors (Lipinski definition) is 2. The molecule has 0 aliphatic heterocycles. The lowest BCUT2D eigenvalue weighted by Crippen LogP contribution is -2.22. The van der Waals surface area contributed by atoms with Crippen molar-refractivity contribution in [3.8, 4) is 28.3 Å². The van der Waals surface area contributed by atoms with Gasteiger partial charge in [0.15, 0.2) is 0 Å². The Hall–Kier alpha value is -3.64. The van der Waals surface area contributed by atoms with Crippen LogP contribution in [0.15, 0.2) is 72.8 Å². The lowest BCUT2D eigenvalue weighted by Gasteiger charge is -2.07. The Morgan fingerprint density at radius 2 is 1.87 bits per heavy atom. The zero-order chi connectivity index (χ0) is 21.8. The summed E-state index contributed by atoms with van der Waals surface area (Å²) in [5.41, 5.74) is 4.73. The number of benzene rings is 3. The molecule has 3 aromatic carbocycles. The first kappa shape index (κ1) is 20.6. The first-order chi connectivity index (χ1) is 15.0. The van der Waals surface area contributed by atoms with Crippen LogP contribution in [0.1, 0.15) is 15.9 Å². The molecule has 0 spiro atoms. The van der Waals surface area contributed by atoms with Crippen molar-refractivity contribution in [1.82, 2.24) is 15.5 Å². The number of methoxy groups -OCH3 is 1. The number of aromatic amines is 1. The summed E-state index contributed by atoms with van der Waals surface area (Å²) >= 11 is 5.78. The topological polar surface area (TPSA) is 67.0 Å². The van der Waals surface area contributed by atoms with Crippen LogP contribution < -0.4 is 10.1 Å². The van der Waals surface area contributed by atoms with Gasteiger partial charge in [0.05, 0.1) is 23.5 Å². The van der Waals surface area contributed by atoms with Crippen molar-refractivity contribution in [2.75, 3.05) is 7.11 Å². The molecule has 0 aliphatic carbocycles. The fourth-order valence-electron chi connectivity index (χ4n) is 3.14. The van der Waals surface area contributed by atoms with Gasteiger partial charge in [-0.1, -0.05) is 41.9 Å². The van der Waals surface area contributed by atoms with Crippen LogP contribution in [0.5, 0.6) is 5.75 Å². The fraction of sp³-hybridized carbons (Fsp3) is 0.0833. The average Bonchev–Trinajstić information content (AvgIpc) is 3.30. The summed E-state index contributed by atoms with van der Waals surface area (Å²) in [4.78, 5) is 12.4. The van der Waals surface area contributed by atoms with Gasteiger partial charge in [-0.2, -0.15) is 5.10 Å². The maximum atomic E-state index is 13.2. The highest BCUT2D eigenvalue weighted by molar-refractivity contribution is 6.30. The van der Waals surface area contributed by atoms with Gasteiger partial charge in [-0.3, -0.25) is 9.89 Å². The molecule has 31 heavy (non-hydrogen) atoms. The standard InChI is InChI=1S/C24H19ClFN3O2/c1-31-19-4-2-3-18(12-19)23-13-22(28-29-23)16-6-8-17(9-7-16)24(30)27-14-15-5-10-21(26)20(25)11-15/h2-13H,14H2,1H3,(H,27,30)(H,28,29). The van der Waals surface area contributed by atoms with Crippen LogP contribution >= 0.6 is 11.6 Å². The van der Waals surface area contributed by atoms with E-state index in [1.54, 1.807) is 25.3 Å². The molecular formula is C24H19ClFN3O2. The Labute approximate surface area is 183 Å². The Morgan fingerprint density at radius 3 is 2.61 bits per heavy atom. The van der Waals surface area contributed by atoms with E-state index in [0.717, 1.165) is 33.8 Å². The molecule has 2 N–H and O–H groups in total. The molecule has 1 heterocycles. The highest BCUT2D eigenvalue weighted by atomic mass is 35.5. The Morgan fingerprint density at radius 1 is 1.06 bits per heavy atom. The molecule has 5 nitrogen and oxygen atoms in total. The van der Waals surface area contributed by atoms with Crippen molar-refractivity contribution < 1.29 is 13.9 Å². The number of ether oxygens (including phenoxy) is 1. The van der Waals surface area contributed by atoms with Gasteiger partial charge in [0, 0.05) is 17.7 Å². The molecule has 0 aliphatic rings. The van der Waals surface area contributed by atoms with E-state index in [-0.39, 0.29) is 17.5 Å². The van der Waals surface area contributed by atoms with Gasteiger partial charge < -0.3 is 10.1 Å². The van der Waals surface area contributed by atoms with E-state index in [1.165, 1.54) is 12.1 Å². The van der Waals surface area contributed by atoms with Gasteiger partial charge in [0.25, 0.3) is 5.91 Å². The predicted molar refractivity (Wildman–Crippen MR) is 119 cm³/mol. The molecule has 4 aromatic rings. The molecule has 0 unspecified atom stereocenters. The van der Waals surface area contributed by atoms with Crippen molar-refractivity contribution in [3.63, 3.8) is 0 Å². The number of carbonyl (C=O) groups is 1. The SMILES string of the molecule is COc1cccc(-c2cc(-c3ccc(C(=O)NCc4ccc(F)c(Cl)c4)cc3)[nH]n2)c1. The van der Waals surface area contributed by atoms with Crippen molar-refractivity contribution in [3.05, 3.63) is 94.8 Å². The molecule has 1 amide bonds. The van der Waals surface area contributed by atoms with E-state index >= 15 is 0 Å². The van der Waals surface area contributed by atoms with Gasteiger partial charge in [0.2, 0.25) is 0 Å². The summed E-state index contributed by atoms with van der Waals surface area (Å²) in [5, 5.41) is 10.2. The molecule has 1 aromatic heterocycles. The molecule has 0 saturated heterocycles. The molecule has 0 atom stereocenters. The third-order valence-electron chi connectivity index (χ3n) is 4.84. The van der Waals surface area contributed by atoms with E-state index in [4.69, 9.17) is 16.3 Å². The van der Waals surface area contributed by atoms with Crippen molar-refractivity contribution in [1.29, 1.82) is 0 Å². The maximum Gasteiger partial charge on any atom is 0.251 e. The maximum absolute atomic E-state index is 13.2. The number of H-pyrrole nitrogens is 1. The highest BCUT2D eigenvalue weighted by Gasteiger charge is 2.10. The summed E-state index contributed by atoms with van der Waals surface area (Å²) in [5.74, 6) is 0.0506. The molecule has 0 fully saturated rings. The summed E-state index contributed by atoms with van der Waals surface area (Å²) < 4.78 is 18.5. The minimum absolute atomic E-state index is 0.0315. The fourth-order valence-corrected chi connectivity index (χ4v) is 3.34. The van der Waals surface area contributed by atoms with E-state index < -0.39 is 5.82 Å². The van der Waals surface area contributed by atoms with Crippen LogP contribution in [0.25, 0.3) is 22.5 Å². The van der Waals surface area contributed by atoms with Crippen LogP contribution in [-0.2, 0) is 6.54 Å². The lowest BCUT2D eigenvalue weighted by atomic mass is 10.1. The molecule has 0 bridgehead atoms. The van der Waals surface area contributed by atoms with Crippen molar-refractivity contribution in [2.45, 2.75) is 6.54 Å². The van der Waals surface area contributed by atoms with Crippen LogP contribution in [0.3, 0.4) is 0 Å². The summed E-state index contributed by atoms with van der Waals surface area (Å²) in [6.07, 6.45) is 0. The molecular weight excluding hydrogens is 417 g/mol. The van der Waals surface area contributed by atoms with Gasteiger partial charge >= 0.3 is 0 Å². The van der Waals surface area contributed by atoms with Gasteiger partial charge in [-0.05, 0) is 53.6 Å². The number of carbonyl (C=O) groups excluding carboxylic acids is 1. The second kappa shape index (κ2) is 9.02. The number of rotatable bonds is 6. The third-order valence-corrected chi connectivity index (χ3v) is 5.13. The number of nitrogens with zero attached hydrogens (tertiary/aromatic N) is 1. The van der Waals surface area contributed by atoms with Crippen molar-refractivity contribution in [2.24, 2.45) is 0 Å². The smallest absolute Gasteiger partial charge is 0.251 e. The van der Waals surface area contributed by atoms with Gasteiger partial charge in [0.1, 0.15) is 11.6 Å². The summed E-state index contributed by atoms with van der Waals surface area (Å²) in [7, 11) is 1.63. The average molecular weight is 436 g/mol. The van der Waals surface area contributed by atoms with Crippen LogP contribution in [0.2, 0.25) is 5.02 Å². The minimum atomic E-state index is -0.485. The first-order valence-electron chi connectivity index (χ1n) is 9.56. The largest absolute Gasteiger partial charge is 0.497 e. The highest BCUT2D eigenvalue weighted by Crippen LogP contribution is 2.26. The summed E-state index contributed by atoms with van der Waals surface area (Å²) in [6.45, 7) is 0.255. The van der Waals surface area contributed by atoms with Crippen LogP contribution in [0, 0.1) is 5.82 Å². The minimum Gasteiger partial charge on any atom is -0.497 e. The number of halogens is 2. The normalized spacial score (nSPS) is 10.7. The summed E-state index contributed by atoms with van der Waals surface area (Å²) in [6, 6.07) is 21.2. The van der Waals surface area contributed by atoms with Crippen LogP contribution in [-0.4, -0.2) is 23.2 Å². The molecule has 156 valence electrons. The number of nitrogens with one attached hydrogen (secondary N) is 2. The second-order valence-electron chi connectivity index (χ2n) is 6.91. The van der Waals surface area contributed by atoms with E-state index in [1.807, 2.05) is 42.5 Å². The second-order valence-corrected chi connectivity index (χ2v) is 7.31. The molecule has 7 heteroatoms. The third kappa shape index (κ3) is 4.75. The molecule has 4 rings (SSSR count). The molecule has 0 saturated carbocycles. The monoisotopic (exact) mass is 435 g/mol.